The Morgan fingerprint density at radius 1 is 1.32 bits per heavy atom. The minimum absolute atomic E-state index is 0.00737. The van der Waals surface area contributed by atoms with Gasteiger partial charge in [0.2, 0.25) is 5.22 Å². The van der Waals surface area contributed by atoms with E-state index in [-0.39, 0.29) is 28.9 Å². The van der Waals surface area contributed by atoms with E-state index < -0.39 is 4.92 Å². The lowest BCUT2D eigenvalue weighted by Crippen LogP contribution is -2.22. The third-order valence-corrected chi connectivity index (χ3v) is 2.76. The smallest absolute Gasteiger partial charge is 0.269 e. The second kappa shape index (κ2) is 5.53. The van der Waals surface area contributed by atoms with E-state index in [9.17, 15) is 14.9 Å². The van der Waals surface area contributed by atoms with Crippen molar-refractivity contribution in [1.82, 2.24) is 5.32 Å². The summed E-state index contributed by atoms with van der Waals surface area (Å²) in [6.07, 6.45) is 1.32. The molecule has 0 saturated heterocycles. The number of non-ortho nitro benzene ring substituents is 1. The highest BCUT2D eigenvalue weighted by Crippen LogP contribution is 2.16. The van der Waals surface area contributed by atoms with Gasteiger partial charge in [0.1, 0.15) is 0 Å². The van der Waals surface area contributed by atoms with E-state index in [0.717, 1.165) is 5.56 Å². The van der Waals surface area contributed by atoms with Gasteiger partial charge in [0, 0.05) is 18.7 Å². The van der Waals surface area contributed by atoms with Gasteiger partial charge in [-0.1, -0.05) is 12.1 Å². The lowest BCUT2D eigenvalue weighted by molar-refractivity contribution is -0.384. The van der Waals surface area contributed by atoms with Crippen molar-refractivity contribution in [3.63, 3.8) is 0 Å². The summed E-state index contributed by atoms with van der Waals surface area (Å²) in [4.78, 5) is 21.7. The van der Waals surface area contributed by atoms with Gasteiger partial charge >= 0.3 is 0 Å². The molecular weight excluding hydrogens is 272 g/mol. The summed E-state index contributed by atoms with van der Waals surface area (Å²) in [5, 5.41) is 13.1. The quantitative estimate of drug-likeness (QED) is 0.689. The van der Waals surface area contributed by atoms with Crippen LogP contribution in [0.5, 0.6) is 0 Å². The number of nitro groups is 1. The van der Waals surface area contributed by atoms with Gasteiger partial charge < -0.3 is 9.73 Å². The van der Waals surface area contributed by atoms with Crippen LogP contribution < -0.4 is 5.32 Å². The third kappa shape index (κ3) is 3.11. The van der Waals surface area contributed by atoms with Crippen LogP contribution in [-0.4, -0.2) is 10.8 Å². The van der Waals surface area contributed by atoms with Gasteiger partial charge in [-0.15, -0.1) is 0 Å². The molecule has 1 amide bonds. The van der Waals surface area contributed by atoms with Crippen molar-refractivity contribution in [2.24, 2.45) is 0 Å². The number of halogens is 1. The molecule has 0 bridgehead atoms. The van der Waals surface area contributed by atoms with Crippen LogP contribution in [0.1, 0.15) is 15.9 Å². The first-order chi connectivity index (χ1) is 9.08. The molecule has 98 valence electrons. The fourth-order valence-electron chi connectivity index (χ4n) is 1.47. The van der Waals surface area contributed by atoms with Crippen LogP contribution in [0.15, 0.2) is 41.0 Å². The monoisotopic (exact) mass is 280 g/mol. The minimum Gasteiger partial charge on any atom is -0.452 e. The predicted molar refractivity (Wildman–Crippen MR) is 68.0 cm³/mol. The highest BCUT2D eigenvalue weighted by Gasteiger charge is 2.12. The summed E-state index contributed by atoms with van der Waals surface area (Å²) in [5.41, 5.74) is 1.01. The van der Waals surface area contributed by atoms with Crippen LogP contribution in [-0.2, 0) is 6.54 Å². The maximum Gasteiger partial charge on any atom is 0.269 e. The number of carbonyl (C=O) groups is 1. The summed E-state index contributed by atoms with van der Waals surface area (Å²) in [6, 6.07) is 7.39. The average molecular weight is 281 g/mol. The minimum atomic E-state index is -0.479. The average Bonchev–Trinajstić information content (AvgIpc) is 2.83. The number of nitro benzene ring substituents is 1. The topological polar surface area (TPSA) is 85.4 Å². The van der Waals surface area contributed by atoms with Crippen LogP contribution in [0.25, 0.3) is 0 Å². The zero-order chi connectivity index (χ0) is 13.8. The Bertz CT molecular complexity index is 606. The van der Waals surface area contributed by atoms with Crippen molar-refractivity contribution in [2.45, 2.75) is 6.54 Å². The summed E-state index contributed by atoms with van der Waals surface area (Å²) >= 11 is 5.67. The number of nitrogens with one attached hydrogen (secondary N) is 1. The van der Waals surface area contributed by atoms with Crippen molar-refractivity contribution in [3.8, 4) is 0 Å². The van der Waals surface area contributed by atoms with Crippen molar-refractivity contribution >= 4 is 23.2 Å². The molecule has 1 aromatic carbocycles. The molecule has 2 rings (SSSR count). The van der Waals surface area contributed by atoms with Gasteiger partial charge in [-0.2, -0.15) is 0 Å². The molecule has 7 heteroatoms. The van der Waals surface area contributed by atoms with E-state index >= 15 is 0 Å². The molecule has 0 fully saturated rings. The molecular formula is C12H9ClN2O4. The van der Waals surface area contributed by atoms with Crippen molar-refractivity contribution in [1.29, 1.82) is 0 Å². The van der Waals surface area contributed by atoms with Crippen LogP contribution in [0.4, 0.5) is 5.69 Å². The summed E-state index contributed by atoms with van der Waals surface area (Å²) in [5.74, 6) is -0.364. The van der Waals surface area contributed by atoms with E-state index in [4.69, 9.17) is 16.0 Å². The number of hydrogen-bond donors (Lipinski definition) is 1. The number of rotatable bonds is 4. The second-order valence-electron chi connectivity index (χ2n) is 3.71. The SMILES string of the molecule is O=C(NCc1ccc([N+](=O)[O-])cc1)c1ccoc1Cl. The molecule has 0 radical (unpaired) electrons. The third-order valence-electron chi connectivity index (χ3n) is 2.46. The molecule has 0 aliphatic heterocycles. The van der Waals surface area contributed by atoms with Crippen LogP contribution in [0.3, 0.4) is 0 Å². The lowest BCUT2D eigenvalue weighted by Gasteiger charge is -2.03. The van der Waals surface area contributed by atoms with E-state index in [1.807, 2.05) is 0 Å². The molecule has 0 aliphatic carbocycles. The number of amides is 1. The number of nitrogens with zero attached hydrogens (tertiary/aromatic N) is 1. The molecule has 0 spiro atoms. The van der Waals surface area contributed by atoms with Crippen LogP contribution in [0, 0.1) is 10.1 Å². The Labute approximate surface area is 113 Å². The lowest BCUT2D eigenvalue weighted by atomic mass is 10.2. The molecule has 1 aromatic heterocycles. The second-order valence-corrected chi connectivity index (χ2v) is 4.06. The molecule has 0 atom stereocenters. The van der Waals surface area contributed by atoms with Crippen molar-refractivity contribution < 1.29 is 14.1 Å². The zero-order valence-corrected chi connectivity index (χ0v) is 10.4. The molecule has 0 unspecified atom stereocenters. The Balaban J connectivity index is 1.97. The molecule has 6 nitrogen and oxygen atoms in total. The normalized spacial score (nSPS) is 10.2. The summed E-state index contributed by atoms with van der Waals surface area (Å²) < 4.78 is 4.81. The molecule has 19 heavy (non-hydrogen) atoms. The summed E-state index contributed by atoms with van der Waals surface area (Å²) in [7, 11) is 0. The van der Waals surface area contributed by atoms with E-state index in [0.29, 0.717) is 0 Å². The van der Waals surface area contributed by atoms with Crippen molar-refractivity contribution in [3.05, 3.63) is 63.1 Å². The fourth-order valence-corrected chi connectivity index (χ4v) is 1.67. The van der Waals surface area contributed by atoms with Gasteiger partial charge in [-0.3, -0.25) is 14.9 Å². The van der Waals surface area contributed by atoms with E-state index in [1.54, 1.807) is 12.1 Å². The van der Waals surface area contributed by atoms with E-state index in [1.165, 1.54) is 24.5 Å². The number of benzene rings is 1. The molecule has 1 heterocycles. The Kier molecular flexibility index (Phi) is 3.82. The van der Waals surface area contributed by atoms with E-state index in [2.05, 4.69) is 5.32 Å². The van der Waals surface area contributed by atoms with Gasteiger partial charge in [-0.05, 0) is 23.2 Å². The summed E-state index contributed by atoms with van der Waals surface area (Å²) in [6.45, 7) is 0.248. The highest BCUT2D eigenvalue weighted by molar-refractivity contribution is 6.32. The zero-order valence-electron chi connectivity index (χ0n) is 9.63. The highest BCUT2D eigenvalue weighted by atomic mass is 35.5. The van der Waals surface area contributed by atoms with Crippen molar-refractivity contribution in [2.75, 3.05) is 0 Å². The first kappa shape index (κ1) is 13.1. The predicted octanol–water partition coefficient (Wildman–Crippen LogP) is 2.77. The Morgan fingerprint density at radius 2 is 2.00 bits per heavy atom. The van der Waals surface area contributed by atoms with Gasteiger partial charge in [0.25, 0.3) is 11.6 Å². The van der Waals surface area contributed by atoms with Gasteiger partial charge in [0.05, 0.1) is 16.7 Å². The number of furan rings is 1. The Hall–Kier alpha value is -2.34. The Morgan fingerprint density at radius 3 is 2.53 bits per heavy atom. The van der Waals surface area contributed by atoms with Crippen LogP contribution in [0.2, 0.25) is 5.22 Å². The molecule has 0 saturated carbocycles. The molecule has 2 aromatic rings. The maximum atomic E-state index is 11.7. The van der Waals surface area contributed by atoms with Gasteiger partial charge in [0.15, 0.2) is 0 Å². The largest absolute Gasteiger partial charge is 0.452 e. The number of carbonyl (C=O) groups excluding carboxylic acids is 1. The van der Waals surface area contributed by atoms with Crippen LogP contribution >= 0.6 is 11.6 Å². The molecule has 0 aliphatic rings. The molecule has 1 N–H and O–H groups in total. The number of hydrogen-bond acceptors (Lipinski definition) is 4. The first-order valence-electron chi connectivity index (χ1n) is 5.32. The van der Waals surface area contributed by atoms with Gasteiger partial charge in [-0.25, -0.2) is 0 Å². The fraction of sp³-hybridized carbons (Fsp3) is 0.0833. The standard InChI is InChI=1S/C12H9ClN2O4/c13-11-10(5-6-19-11)12(16)14-7-8-1-3-9(4-2-8)15(17)18/h1-6H,7H2,(H,14,16). The maximum absolute atomic E-state index is 11.7. The first-order valence-corrected chi connectivity index (χ1v) is 5.70.